The van der Waals surface area contributed by atoms with Crippen molar-refractivity contribution < 1.29 is 42.9 Å². The Morgan fingerprint density at radius 2 is 0.613 bits per heavy atom. The minimum atomic E-state index is -1.51. The molecule has 2 unspecified atom stereocenters. The lowest BCUT2D eigenvalue weighted by atomic mass is 10.0. The third-order valence-corrected chi connectivity index (χ3v) is 17.6. The second-order valence-corrected chi connectivity index (χ2v) is 28.0. The van der Waals surface area contributed by atoms with Crippen LogP contribution in [-0.2, 0) is 33.3 Å². The van der Waals surface area contributed by atoms with Crippen LogP contribution in [0.5, 0.6) is 0 Å². The first-order chi connectivity index (χ1) is 45.6. The molecule has 0 amide bonds. The van der Waals surface area contributed by atoms with E-state index in [2.05, 4.69) is 98.9 Å². The van der Waals surface area contributed by atoms with Gasteiger partial charge < -0.3 is 28.5 Å². The lowest BCUT2D eigenvalue weighted by Crippen LogP contribution is -2.40. The van der Waals surface area contributed by atoms with Gasteiger partial charge in [0.2, 0.25) is 0 Å². The SMILES string of the molecule is CC/C=C\C/C=C\C/C=C\C/C=C\C/C=C\CCCCCCCCCCCCCCCCCCCCCCCCCCCC(=O)OC(COC(=O)CCCCCCCCCCCCCCCCC/C=C\C/C=C\CCCCCCC)COC(OCC[N+](C)(C)C)C(=O)O. The predicted octanol–water partition coefficient (Wildman–Crippen LogP) is 25.4. The summed E-state index contributed by atoms with van der Waals surface area (Å²) in [6.07, 6.45) is 98.8. The van der Waals surface area contributed by atoms with Crippen molar-refractivity contribution in [3.8, 4) is 0 Å². The molecule has 0 aliphatic carbocycles. The molecule has 0 aliphatic heterocycles. The zero-order valence-electron chi connectivity index (χ0n) is 61.9. The van der Waals surface area contributed by atoms with Crippen molar-refractivity contribution in [3.05, 3.63) is 85.1 Å². The molecule has 1 N–H and O–H groups in total. The second-order valence-electron chi connectivity index (χ2n) is 28.0. The maximum Gasteiger partial charge on any atom is 0.361 e. The van der Waals surface area contributed by atoms with Crippen LogP contribution in [0.3, 0.4) is 0 Å². The van der Waals surface area contributed by atoms with Crippen molar-refractivity contribution in [1.82, 2.24) is 0 Å². The molecule has 0 fully saturated rings. The summed E-state index contributed by atoms with van der Waals surface area (Å²) in [5.41, 5.74) is 0. The van der Waals surface area contributed by atoms with Crippen LogP contribution in [0.4, 0.5) is 0 Å². The number of carboxylic acids is 1. The number of allylic oxidation sites excluding steroid dienone is 14. The number of nitrogens with zero attached hydrogens (tertiary/aromatic N) is 1. The Balaban J connectivity index is 3.96. The number of aliphatic carboxylic acids is 1. The van der Waals surface area contributed by atoms with Crippen LogP contribution < -0.4 is 0 Å². The second kappa shape index (κ2) is 74.3. The lowest BCUT2D eigenvalue weighted by molar-refractivity contribution is -0.870. The lowest BCUT2D eigenvalue weighted by Gasteiger charge is -2.25. The van der Waals surface area contributed by atoms with Gasteiger partial charge in [0.25, 0.3) is 6.29 Å². The summed E-state index contributed by atoms with van der Waals surface area (Å²) in [6.45, 7) is 4.81. The molecule has 0 heterocycles. The van der Waals surface area contributed by atoms with Crippen molar-refractivity contribution in [2.75, 3.05) is 47.5 Å². The first kappa shape index (κ1) is 89.5. The van der Waals surface area contributed by atoms with Gasteiger partial charge in [0.05, 0.1) is 34.4 Å². The Morgan fingerprint density at radius 1 is 0.333 bits per heavy atom. The number of hydrogen-bond donors (Lipinski definition) is 1. The summed E-state index contributed by atoms with van der Waals surface area (Å²) in [6, 6.07) is 0. The minimum Gasteiger partial charge on any atom is -0.477 e. The number of carbonyl (C=O) groups excluding carboxylic acids is 2. The van der Waals surface area contributed by atoms with Crippen molar-refractivity contribution >= 4 is 17.9 Å². The number of carbonyl (C=O) groups is 3. The zero-order chi connectivity index (χ0) is 67.5. The molecule has 0 aromatic rings. The van der Waals surface area contributed by atoms with Crippen LogP contribution in [0.15, 0.2) is 85.1 Å². The minimum absolute atomic E-state index is 0.179. The van der Waals surface area contributed by atoms with Gasteiger partial charge in [0.15, 0.2) is 6.10 Å². The molecule has 0 spiro atoms. The molecular formula is C84H152NO8+. The normalized spacial score (nSPS) is 13.1. The van der Waals surface area contributed by atoms with Gasteiger partial charge in [0, 0.05) is 12.8 Å². The van der Waals surface area contributed by atoms with Crippen LogP contribution in [-0.4, -0.2) is 87.4 Å². The Labute approximate surface area is 576 Å². The molecule has 0 rings (SSSR count). The monoisotopic (exact) mass is 1300 g/mol. The fourth-order valence-corrected chi connectivity index (χ4v) is 11.6. The fraction of sp³-hybridized carbons (Fsp3) is 0.798. The number of carboxylic acid groups (broad SMARTS) is 1. The molecule has 93 heavy (non-hydrogen) atoms. The highest BCUT2D eigenvalue weighted by atomic mass is 16.7. The Bertz CT molecular complexity index is 1810. The topological polar surface area (TPSA) is 108 Å². The third-order valence-electron chi connectivity index (χ3n) is 17.6. The van der Waals surface area contributed by atoms with Crippen LogP contribution in [0.25, 0.3) is 0 Å². The molecule has 9 heteroatoms. The predicted molar refractivity (Wildman–Crippen MR) is 401 cm³/mol. The van der Waals surface area contributed by atoms with Gasteiger partial charge in [0.1, 0.15) is 13.2 Å². The maximum absolute atomic E-state index is 13.0. The summed E-state index contributed by atoms with van der Waals surface area (Å²) < 4.78 is 23.1. The van der Waals surface area contributed by atoms with Crippen LogP contribution >= 0.6 is 0 Å². The summed E-state index contributed by atoms with van der Waals surface area (Å²) in [5.74, 6) is -1.98. The molecule has 0 saturated heterocycles. The van der Waals surface area contributed by atoms with Crippen molar-refractivity contribution in [2.45, 2.75) is 386 Å². The van der Waals surface area contributed by atoms with Gasteiger partial charge in [-0.3, -0.25) is 9.59 Å². The first-order valence-corrected chi connectivity index (χ1v) is 39.8. The third kappa shape index (κ3) is 75.7. The number of unbranched alkanes of at least 4 members (excludes halogenated alkanes) is 45. The Hall–Kier alpha value is -3.53. The van der Waals surface area contributed by atoms with Crippen molar-refractivity contribution in [2.24, 2.45) is 0 Å². The molecule has 0 aromatic carbocycles. The first-order valence-electron chi connectivity index (χ1n) is 39.8. The summed E-state index contributed by atoms with van der Waals surface area (Å²) in [7, 11) is 5.99. The van der Waals surface area contributed by atoms with Gasteiger partial charge in [-0.1, -0.05) is 356 Å². The van der Waals surface area contributed by atoms with Gasteiger partial charge >= 0.3 is 17.9 Å². The smallest absolute Gasteiger partial charge is 0.361 e. The van der Waals surface area contributed by atoms with E-state index in [1.54, 1.807) is 0 Å². The van der Waals surface area contributed by atoms with Crippen LogP contribution in [0.1, 0.15) is 373 Å². The highest BCUT2D eigenvalue weighted by Gasteiger charge is 2.25. The van der Waals surface area contributed by atoms with Gasteiger partial charge in [-0.05, 0) is 89.9 Å². The molecule has 0 saturated carbocycles. The molecule has 2 atom stereocenters. The number of quaternary nitrogens is 1. The standard InChI is InChI=1S/C84H151NO8/c1-6-8-10-12-14-16-18-20-22-24-26-28-30-32-34-35-36-37-38-39-40-41-42-43-44-45-46-47-49-51-53-55-57-59-61-63-65-67-69-71-73-75-82(87)93-80(79-92-84(83(88)89)90-77-76-85(3,4)5)78-91-81(86)74-72-70-68-66-64-62-60-58-56-54-52-50-48-33-31-29-27-25-23-21-19-17-15-13-11-9-7-2/h8,10,14,16,19-22,25-28,32,34,80,84H,6-7,9,11-13,15,17-18,23-24,29-31,33,35-79H2,1-5H3/p+1/b10-8-,16-14-,21-19-,22-20-,27-25-,28-26-,34-32-. The zero-order valence-corrected chi connectivity index (χ0v) is 61.9. The molecular weight excluding hydrogens is 1150 g/mol. The average Bonchev–Trinajstić information content (AvgIpc) is 3.38. The Kier molecular flexibility index (Phi) is 71.4. The summed E-state index contributed by atoms with van der Waals surface area (Å²) >= 11 is 0. The molecule has 0 radical (unpaired) electrons. The molecule has 0 bridgehead atoms. The van der Waals surface area contributed by atoms with E-state index in [0.29, 0.717) is 17.4 Å². The largest absolute Gasteiger partial charge is 0.477 e. The highest BCUT2D eigenvalue weighted by molar-refractivity contribution is 5.71. The number of hydrogen-bond acceptors (Lipinski definition) is 7. The summed E-state index contributed by atoms with van der Waals surface area (Å²) in [4.78, 5) is 37.7. The quantitative estimate of drug-likeness (QED) is 0.0211. The fourth-order valence-electron chi connectivity index (χ4n) is 11.6. The van der Waals surface area contributed by atoms with E-state index in [9.17, 15) is 19.5 Å². The number of esters is 2. The van der Waals surface area contributed by atoms with Gasteiger partial charge in [-0.2, -0.15) is 0 Å². The highest BCUT2D eigenvalue weighted by Crippen LogP contribution is 2.19. The molecule has 0 aliphatic rings. The summed E-state index contributed by atoms with van der Waals surface area (Å²) in [5, 5.41) is 9.77. The van der Waals surface area contributed by atoms with E-state index in [4.69, 9.17) is 18.9 Å². The Morgan fingerprint density at radius 3 is 0.914 bits per heavy atom. The number of likely N-dealkylation sites (N-methyl/N-ethyl adjacent to an activating group) is 1. The van der Waals surface area contributed by atoms with Gasteiger partial charge in [-0.15, -0.1) is 0 Å². The number of ether oxygens (including phenoxy) is 4. The van der Waals surface area contributed by atoms with Crippen LogP contribution in [0, 0.1) is 0 Å². The molecule has 0 aromatic heterocycles. The van der Waals surface area contributed by atoms with Crippen molar-refractivity contribution in [3.63, 3.8) is 0 Å². The van der Waals surface area contributed by atoms with E-state index >= 15 is 0 Å². The van der Waals surface area contributed by atoms with Crippen LogP contribution in [0.2, 0.25) is 0 Å². The van der Waals surface area contributed by atoms with E-state index < -0.39 is 18.4 Å². The van der Waals surface area contributed by atoms with E-state index in [1.165, 1.54) is 270 Å². The average molecular weight is 1300 g/mol. The van der Waals surface area contributed by atoms with Gasteiger partial charge in [-0.25, -0.2) is 4.79 Å². The number of rotatable bonds is 74. The maximum atomic E-state index is 13.0. The molecule has 9 nitrogen and oxygen atoms in total. The van der Waals surface area contributed by atoms with Crippen molar-refractivity contribution in [1.29, 1.82) is 0 Å². The molecule has 540 valence electrons. The van der Waals surface area contributed by atoms with E-state index in [-0.39, 0.29) is 38.2 Å². The van der Waals surface area contributed by atoms with E-state index in [0.717, 1.165) is 77.0 Å². The van der Waals surface area contributed by atoms with E-state index in [1.807, 2.05) is 21.1 Å².